The second-order valence-electron chi connectivity index (χ2n) is 3.65. The fraction of sp³-hybridized carbons (Fsp3) is 0.231. The fourth-order valence-electron chi connectivity index (χ4n) is 1.31. The molecule has 1 rings (SSSR count). The number of carbonyl (C=O) groups excluding carboxylic acids is 1. The van der Waals surface area contributed by atoms with Gasteiger partial charge in [-0.2, -0.15) is 0 Å². The van der Waals surface area contributed by atoms with Crippen molar-refractivity contribution in [1.29, 1.82) is 0 Å². The number of nitrogens with one attached hydrogen (secondary N) is 1. The molecule has 0 aliphatic rings. The molecule has 4 heteroatoms. The van der Waals surface area contributed by atoms with E-state index in [1.807, 2.05) is 0 Å². The molecule has 0 aliphatic heterocycles. The molecule has 0 heterocycles. The minimum absolute atomic E-state index is 0.106. The molecule has 0 radical (unpaired) electrons. The van der Waals surface area contributed by atoms with Crippen LogP contribution in [0.1, 0.15) is 19.4 Å². The Morgan fingerprint density at radius 3 is 2.59 bits per heavy atom. The molecule has 0 spiro atoms. The van der Waals surface area contributed by atoms with Gasteiger partial charge in [-0.05, 0) is 25.5 Å². The van der Waals surface area contributed by atoms with Crippen LogP contribution in [-0.2, 0) is 16.0 Å². The molecule has 1 aromatic carbocycles. The summed E-state index contributed by atoms with van der Waals surface area (Å²) in [7, 11) is 0. The third-order valence-corrected chi connectivity index (χ3v) is 2.40. The van der Waals surface area contributed by atoms with E-state index in [4.69, 9.17) is 5.11 Å². The van der Waals surface area contributed by atoms with Gasteiger partial charge in [0, 0.05) is 11.3 Å². The monoisotopic (exact) mass is 233 g/mol. The van der Waals surface area contributed by atoms with Crippen molar-refractivity contribution in [3.63, 3.8) is 0 Å². The predicted molar refractivity (Wildman–Crippen MR) is 65.8 cm³/mol. The summed E-state index contributed by atoms with van der Waals surface area (Å²) in [5.74, 6) is -1.14. The molecule has 0 atom stereocenters. The van der Waals surface area contributed by atoms with Crippen molar-refractivity contribution >= 4 is 17.6 Å². The van der Waals surface area contributed by atoms with Crippen LogP contribution in [0.2, 0.25) is 0 Å². The quantitative estimate of drug-likeness (QED) is 0.783. The number of amides is 1. The van der Waals surface area contributed by atoms with E-state index in [0.717, 1.165) is 0 Å². The van der Waals surface area contributed by atoms with E-state index in [1.54, 1.807) is 44.2 Å². The van der Waals surface area contributed by atoms with Crippen LogP contribution in [-0.4, -0.2) is 17.0 Å². The molecule has 4 nitrogen and oxygen atoms in total. The highest BCUT2D eigenvalue weighted by Gasteiger charge is 2.09. The number of aliphatic carboxylic acids is 1. The predicted octanol–water partition coefficient (Wildman–Crippen LogP) is 2.22. The highest BCUT2D eigenvalue weighted by atomic mass is 16.4. The van der Waals surface area contributed by atoms with Crippen molar-refractivity contribution < 1.29 is 14.7 Å². The van der Waals surface area contributed by atoms with Gasteiger partial charge in [0.05, 0.1) is 6.42 Å². The number of rotatable bonds is 4. The minimum Gasteiger partial charge on any atom is -0.481 e. The second kappa shape index (κ2) is 5.84. The number of carboxylic acid groups (broad SMARTS) is 1. The van der Waals surface area contributed by atoms with Gasteiger partial charge in [0.25, 0.3) is 5.91 Å². The number of para-hydroxylation sites is 1. The minimum atomic E-state index is -0.922. The topological polar surface area (TPSA) is 66.4 Å². The van der Waals surface area contributed by atoms with E-state index in [-0.39, 0.29) is 12.3 Å². The average molecular weight is 233 g/mol. The molecule has 0 unspecified atom stereocenters. The van der Waals surface area contributed by atoms with Gasteiger partial charge in [0.15, 0.2) is 0 Å². The van der Waals surface area contributed by atoms with Gasteiger partial charge in [0.2, 0.25) is 0 Å². The highest BCUT2D eigenvalue weighted by Crippen LogP contribution is 2.16. The summed E-state index contributed by atoms with van der Waals surface area (Å²) < 4.78 is 0. The molecule has 0 saturated carbocycles. The zero-order valence-electron chi connectivity index (χ0n) is 9.86. The lowest BCUT2D eigenvalue weighted by atomic mass is 10.1. The van der Waals surface area contributed by atoms with Crippen LogP contribution in [0.25, 0.3) is 0 Å². The SMILES string of the molecule is C/C=C(/C)C(=O)Nc1ccccc1CC(=O)O. The van der Waals surface area contributed by atoms with Crippen molar-refractivity contribution in [1.82, 2.24) is 0 Å². The van der Waals surface area contributed by atoms with Crippen molar-refractivity contribution in [3.05, 3.63) is 41.5 Å². The Kier molecular flexibility index (Phi) is 4.46. The summed E-state index contributed by atoms with van der Waals surface area (Å²) in [5, 5.41) is 11.5. The average Bonchev–Trinajstić information content (AvgIpc) is 2.29. The molecule has 0 saturated heterocycles. The smallest absolute Gasteiger partial charge is 0.307 e. The zero-order valence-corrected chi connectivity index (χ0v) is 9.86. The third-order valence-electron chi connectivity index (χ3n) is 2.40. The first-order valence-corrected chi connectivity index (χ1v) is 5.28. The normalized spacial score (nSPS) is 11.1. The Morgan fingerprint density at radius 1 is 1.35 bits per heavy atom. The number of hydrogen-bond acceptors (Lipinski definition) is 2. The first-order valence-electron chi connectivity index (χ1n) is 5.28. The first-order chi connectivity index (χ1) is 8.04. The molecule has 2 N–H and O–H groups in total. The standard InChI is InChI=1S/C13H15NO3/c1-3-9(2)13(17)14-11-7-5-4-6-10(11)8-12(15)16/h3-7H,8H2,1-2H3,(H,14,17)(H,15,16)/b9-3-. The van der Waals surface area contributed by atoms with Gasteiger partial charge in [-0.25, -0.2) is 0 Å². The highest BCUT2D eigenvalue weighted by molar-refractivity contribution is 6.03. The van der Waals surface area contributed by atoms with Crippen LogP contribution >= 0.6 is 0 Å². The number of hydrogen-bond donors (Lipinski definition) is 2. The molecule has 17 heavy (non-hydrogen) atoms. The van der Waals surface area contributed by atoms with Crippen LogP contribution in [0.5, 0.6) is 0 Å². The van der Waals surface area contributed by atoms with Crippen molar-refractivity contribution in [2.75, 3.05) is 5.32 Å². The largest absolute Gasteiger partial charge is 0.481 e. The van der Waals surface area contributed by atoms with Gasteiger partial charge in [-0.1, -0.05) is 24.3 Å². The second-order valence-corrected chi connectivity index (χ2v) is 3.65. The van der Waals surface area contributed by atoms with E-state index in [2.05, 4.69) is 5.32 Å². The van der Waals surface area contributed by atoms with Gasteiger partial charge < -0.3 is 10.4 Å². The van der Waals surface area contributed by atoms with E-state index in [1.165, 1.54) is 0 Å². The maximum atomic E-state index is 11.7. The number of carboxylic acids is 1. The van der Waals surface area contributed by atoms with Crippen LogP contribution in [0.4, 0.5) is 5.69 Å². The molecule has 90 valence electrons. The summed E-state index contributed by atoms with van der Waals surface area (Å²) in [6, 6.07) is 6.89. The lowest BCUT2D eigenvalue weighted by Crippen LogP contribution is -2.14. The molecule has 0 fully saturated rings. The summed E-state index contributed by atoms with van der Waals surface area (Å²) in [6.07, 6.45) is 1.60. The van der Waals surface area contributed by atoms with Crippen molar-refractivity contribution in [2.45, 2.75) is 20.3 Å². The number of carbonyl (C=O) groups is 2. The Hall–Kier alpha value is -2.10. The Bertz CT molecular complexity index is 463. The van der Waals surface area contributed by atoms with E-state index >= 15 is 0 Å². The van der Waals surface area contributed by atoms with Gasteiger partial charge in [-0.3, -0.25) is 9.59 Å². The van der Waals surface area contributed by atoms with Crippen LogP contribution < -0.4 is 5.32 Å². The Morgan fingerprint density at radius 2 is 2.00 bits per heavy atom. The van der Waals surface area contributed by atoms with Crippen molar-refractivity contribution in [3.8, 4) is 0 Å². The number of anilines is 1. The maximum absolute atomic E-state index is 11.7. The van der Waals surface area contributed by atoms with E-state index < -0.39 is 5.97 Å². The van der Waals surface area contributed by atoms with Crippen LogP contribution in [0, 0.1) is 0 Å². The summed E-state index contributed by atoms with van der Waals surface area (Å²) in [6.45, 7) is 3.48. The van der Waals surface area contributed by atoms with Gasteiger partial charge in [-0.15, -0.1) is 0 Å². The molecule has 1 aromatic rings. The summed E-state index contributed by atoms with van der Waals surface area (Å²) in [5.41, 5.74) is 1.73. The van der Waals surface area contributed by atoms with E-state index in [0.29, 0.717) is 16.8 Å². The molecular formula is C13H15NO3. The summed E-state index contributed by atoms with van der Waals surface area (Å²) in [4.78, 5) is 22.3. The van der Waals surface area contributed by atoms with Crippen LogP contribution in [0.3, 0.4) is 0 Å². The molecule has 1 amide bonds. The Balaban J connectivity index is 2.91. The lowest BCUT2D eigenvalue weighted by Gasteiger charge is -2.09. The lowest BCUT2D eigenvalue weighted by molar-refractivity contribution is -0.136. The van der Waals surface area contributed by atoms with Gasteiger partial charge >= 0.3 is 5.97 Å². The molecule has 0 aliphatic carbocycles. The maximum Gasteiger partial charge on any atom is 0.307 e. The number of benzene rings is 1. The first kappa shape index (κ1) is 13.0. The number of allylic oxidation sites excluding steroid dienone is 1. The van der Waals surface area contributed by atoms with Gasteiger partial charge in [0.1, 0.15) is 0 Å². The fourth-order valence-corrected chi connectivity index (χ4v) is 1.31. The van der Waals surface area contributed by atoms with E-state index in [9.17, 15) is 9.59 Å². The Labute approximate surface area is 100.0 Å². The third kappa shape index (κ3) is 3.75. The van der Waals surface area contributed by atoms with Crippen LogP contribution in [0.15, 0.2) is 35.9 Å². The molecular weight excluding hydrogens is 218 g/mol. The van der Waals surface area contributed by atoms with Crippen molar-refractivity contribution in [2.24, 2.45) is 0 Å². The zero-order chi connectivity index (χ0) is 12.8. The summed E-state index contributed by atoms with van der Waals surface area (Å²) >= 11 is 0. The molecule has 0 aromatic heterocycles. The molecule has 0 bridgehead atoms.